The first kappa shape index (κ1) is 13.8. The Morgan fingerprint density at radius 1 is 1.11 bits per heavy atom. The minimum absolute atomic E-state index is 0.283. The zero-order valence-electron chi connectivity index (χ0n) is 8.86. The molecule has 0 spiro atoms. The lowest BCUT2D eigenvalue weighted by Crippen LogP contribution is -2.28. The molecule has 0 unspecified atom stereocenters. The molecular weight excluding hydrogens is 251 g/mol. The predicted octanol–water partition coefficient (Wildman–Crippen LogP) is 1.73. The fourth-order valence-corrected chi connectivity index (χ4v) is 1.24. The van der Waals surface area contributed by atoms with Gasteiger partial charge >= 0.3 is 12.1 Å². The highest BCUT2D eigenvalue weighted by atomic mass is 19.4. The van der Waals surface area contributed by atoms with E-state index in [0.717, 1.165) is 12.1 Å². The van der Waals surface area contributed by atoms with E-state index in [1.165, 1.54) is 18.2 Å². The minimum atomic E-state index is -5.13. The van der Waals surface area contributed by atoms with E-state index in [-0.39, 0.29) is 5.56 Å². The molecule has 7 heteroatoms. The van der Waals surface area contributed by atoms with Gasteiger partial charge in [0.15, 0.2) is 5.78 Å². The Kier molecular flexibility index (Phi) is 3.75. The fraction of sp³-hybridized carbons (Fsp3) is 0.0909. The number of Topliss-reactive ketones (excluding diaryl/α,β-unsaturated/α-hetero) is 1. The van der Waals surface area contributed by atoms with Crippen molar-refractivity contribution in [3.63, 3.8) is 0 Å². The number of benzene rings is 1. The number of carboxylic acid groups (broad SMARTS) is 1. The van der Waals surface area contributed by atoms with Crippen molar-refractivity contribution < 1.29 is 27.9 Å². The molecule has 0 radical (unpaired) electrons. The van der Waals surface area contributed by atoms with Crippen LogP contribution in [0.15, 0.2) is 41.6 Å². The molecule has 0 aliphatic heterocycles. The molecule has 0 atom stereocenters. The Hall–Kier alpha value is -2.31. The maximum Gasteiger partial charge on any atom is 0.422 e. The van der Waals surface area contributed by atoms with Gasteiger partial charge in [-0.3, -0.25) is 4.79 Å². The van der Waals surface area contributed by atoms with Crippen molar-refractivity contribution in [2.75, 3.05) is 0 Å². The van der Waals surface area contributed by atoms with E-state index in [0.29, 0.717) is 0 Å². The largest absolute Gasteiger partial charge is 0.477 e. The molecule has 0 bridgehead atoms. The van der Waals surface area contributed by atoms with Crippen molar-refractivity contribution in [3.8, 4) is 0 Å². The van der Waals surface area contributed by atoms with Gasteiger partial charge < -0.3 is 10.8 Å². The Labute approximate surface area is 99.5 Å². The maximum absolute atomic E-state index is 12.6. The molecule has 0 aliphatic rings. The van der Waals surface area contributed by atoms with Gasteiger partial charge in [0.2, 0.25) is 0 Å². The van der Waals surface area contributed by atoms with Crippen molar-refractivity contribution in [3.05, 3.63) is 47.2 Å². The first-order valence-corrected chi connectivity index (χ1v) is 4.65. The molecule has 0 amide bonds. The number of ketones is 1. The summed E-state index contributed by atoms with van der Waals surface area (Å²) in [5.74, 6) is -3.46. The van der Waals surface area contributed by atoms with Crippen molar-refractivity contribution in [1.82, 2.24) is 0 Å². The third kappa shape index (κ3) is 2.88. The van der Waals surface area contributed by atoms with Gasteiger partial charge in [0, 0.05) is 5.56 Å². The number of allylic oxidation sites excluding steroid dienone is 1. The second-order valence-corrected chi connectivity index (χ2v) is 3.29. The van der Waals surface area contributed by atoms with Crippen LogP contribution in [0.1, 0.15) is 10.4 Å². The molecule has 4 nitrogen and oxygen atoms in total. The van der Waals surface area contributed by atoms with Crippen molar-refractivity contribution >= 4 is 11.8 Å². The van der Waals surface area contributed by atoms with Gasteiger partial charge in [-0.1, -0.05) is 30.3 Å². The summed E-state index contributed by atoms with van der Waals surface area (Å²) < 4.78 is 37.9. The Morgan fingerprint density at radius 2 is 1.61 bits per heavy atom. The average Bonchev–Trinajstić information content (AvgIpc) is 2.28. The van der Waals surface area contributed by atoms with Crippen LogP contribution in [-0.4, -0.2) is 23.0 Å². The normalized spacial score (nSPS) is 12.8. The van der Waals surface area contributed by atoms with Gasteiger partial charge in [-0.05, 0) is 0 Å². The number of nitrogens with two attached hydrogens (primary N) is 1. The fourth-order valence-electron chi connectivity index (χ4n) is 1.24. The van der Waals surface area contributed by atoms with Gasteiger partial charge in [-0.2, -0.15) is 13.2 Å². The second-order valence-electron chi connectivity index (χ2n) is 3.29. The molecule has 1 aromatic carbocycles. The van der Waals surface area contributed by atoms with Crippen LogP contribution in [0.3, 0.4) is 0 Å². The summed E-state index contributed by atoms with van der Waals surface area (Å²) in [6.45, 7) is 0. The number of carbonyl (C=O) groups is 2. The summed E-state index contributed by atoms with van der Waals surface area (Å²) in [6, 6.07) is 6.51. The number of hydrogen-bond acceptors (Lipinski definition) is 3. The topological polar surface area (TPSA) is 80.4 Å². The van der Waals surface area contributed by atoms with E-state index in [1.807, 2.05) is 0 Å². The number of halogens is 3. The molecule has 0 saturated carbocycles. The molecule has 0 saturated heterocycles. The van der Waals surface area contributed by atoms with Gasteiger partial charge in [-0.25, -0.2) is 4.79 Å². The first-order chi connectivity index (χ1) is 8.25. The molecule has 18 heavy (non-hydrogen) atoms. The van der Waals surface area contributed by atoms with Crippen molar-refractivity contribution in [2.24, 2.45) is 5.73 Å². The number of hydrogen-bond donors (Lipinski definition) is 2. The highest BCUT2D eigenvalue weighted by Gasteiger charge is 2.42. The molecule has 0 aliphatic carbocycles. The minimum Gasteiger partial charge on any atom is -0.477 e. The monoisotopic (exact) mass is 259 g/mol. The van der Waals surface area contributed by atoms with Crippen LogP contribution >= 0.6 is 0 Å². The standard InChI is InChI=1S/C11H8F3NO3/c12-11(13,14)7(8(15)10(17)18)9(16)6-4-2-1-3-5-6/h1-5H,15H2,(H,17,18). The third-order valence-electron chi connectivity index (χ3n) is 2.05. The lowest BCUT2D eigenvalue weighted by atomic mass is 10.0. The summed E-state index contributed by atoms with van der Waals surface area (Å²) in [5.41, 5.74) is 1.15. The van der Waals surface area contributed by atoms with E-state index in [2.05, 4.69) is 0 Å². The van der Waals surface area contributed by atoms with Crippen LogP contribution in [0, 0.1) is 0 Å². The van der Waals surface area contributed by atoms with Crippen LogP contribution in [-0.2, 0) is 4.79 Å². The second kappa shape index (κ2) is 4.91. The molecular formula is C11H8F3NO3. The zero-order chi connectivity index (χ0) is 13.9. The highest BCUT2D eigenvalue weighted by Crippen LogP contribution is 2.30. The maximum atomic E-state index is 12.6. The first-order valence-electron chi connectivity index (χ1n) is 4.65. The van der Waals surface area contributed by atoms with E-state index in [4.69, 9.17) is 10.8 Å². The molecule has 1 aromatic rings. The molecule has 96 valence electrons. The van der Waals surface area contributed by atoms with Crippen LogP contribution in [0.2, 0.25) is 0 Å². The summed E-state index contributed by atoms with van der Waals surface area (Å²) in [6.07, 6.45) is -5.13. The van der Waals surface area contributed by atoms with Crippen LogP contribution in [0.4, 0.5) is 13.2 Å². The van der Waals surface area contributed by atoms with E-state index >= 15 is 0 Å². The van der Waals surface area contributed by atoms with E-state index in [9.17, 15) is 22.8 Å². The van der Waals surface area contributed by atoms with E-state index in [1.54, 1.807) is 0 Å². The van der Waals surface area contributed by atoms with Gasteiger partial charge in [0.25, 0.3) is 0 Å². The molecule has 0 fully saturated rings. The van der Waals surface area contributed by atoms with Crippen molar-refractivity contribution in [1.29, 1.82) is 0 Å². The highest BCUT2D eigenvalue weighted by molar-refractivity contribution is 6.13. The number of rotatable bonds is 3. The molecule has 0 heterocycles. The van der Waals surface area contributed by atoms with Crippen molar-refractivity contribution in [2.45, 2.75) is 6.18 Å². The number of carboxylic acids is 1. The molecule has 1 rings (SSSR count). The summed E-state index contributed by atoms with van der Waals surface area (Å²) in [5, 5.41) is 8.48. The Balaban J connectivity index is 3.36. The lowest BCUT2D eigenvalue weighted by molar-refractivity contribution is -0.134. The third-order valence-corrected chi connectivity index (χ3v) is 2.05. The summed E-state index contributed by atoms with van der Waals surface area (Å²) >= 11 is 0. The summed E-state index contributed by atoms with van der Waals surface area (Å²) in [4.78, 5) is 22.1. The number of alkyl halides is 3. The number of carbonyl (C=O) groups excluding carboxylic acids is 1. The van der Waals surface area contributed by atoms with Gasteiger partial charge in [0.05, 0.1) is 0 Å². The average molecular weight is 259 g/mol. The zero-order valence-corrected chi connectivity index (χ0v) is 8.86. The van der Waals surface area contributed by atoms with Crippen LogP contribution < -0.4 is 5.73 Å². The van der Waals surface area contributed by atoms with E-state index < -0.39 is 29.2 Å². The molecule has 3 N–H and O–H groups in total. The van der Waals surface area contributed by atoms with Crippen LogP contribution in [0.25, 0.3) is 0 Å². The quantitative estimate of drug-likeness (QED) is 0.639. The van der Waals surface area contributed by atoms with Crippen LogP contribution in [0.5, 0.6) is 0 Å². The predicted molar refractivity (Wildman–Crippen MR) is 55.7 cm³/mol. The molecule has 0 aromatic heterocycles. The lowest BCUT2D eigenvalue weighted by Gasteiger charge is -2.12. The smallest absolute Gasteiger partial charge is 0.422 e. The van der Waals surface area contributed by atoms with Gasteiger partial charge in [0.1, 0.15) is 11.3 Å². The Morgan fingerprint density at radius 3 is 2.00 bits per heavy atom. The number of aliphatic carboxylic acids is 1. The van der Waals surface area contributed by atoms with Gasteiger partial charge in [-0.15, -0.1) is 0 Å². The summed E-state index contributed by atoms with van der Waals surface area (Å²) in [7, 11) is 0. The SMILES string of the molecule is NC(C(=O)O)=C(C(=O)c1ccccc1)C(F)(F)F. The Bertz CT molecular complexity index is 506.